The number of carbonyl (C=O) groups is 2. The smallest absolute Gasteiger partial charge is 0.252 e. The number of halogens is 1. The number of fused-ring (bicyclic) bond motifs is 1. The van der Waals surface area contributed by atoms with Crippen LogP contribution in [0.15, 0.2) is 39.3 Å². The molecule has 5 N–H and O–H groups in total. The Morgan fingerprint density at radius 1 is 1.35 bits per heavy atom. The van der Waals surface area contributed by atoms with Crippen LogP contribution in [0.2, 0.25) is 5.02 Å². The summed E-state index contributed by atoms with van der Waals surface area (Å²) < 4.78 is 0.766. The fourth-order valence-corrected chi connectivity index (χ4v) is 4.72. The average Bonchev–Trinajstić information content (AvgIpc) is 2.91. The predicted octanol–water partition coefficient (Wildman–Crippen LogP) is 2.78. The molecule has 1 aromatic carbocycles. The third-order valence-corrected chi connectivity index (χ3v) is 6.03. The first kappa shape index (κ1) is 18.3. The molecule has 0 unspecified atom stereocenters. The second kappa shape index (κ2) is 7.40. The third kappa shape index (κ3) is 3.85. The largest absolute Gasteiger partial charge is 0.506 e. The van der Waals surface area contributed by atoms with E-state index in [2.05, 4.69) is 10.3 Å². The molecule has 0 fully saturated rings. The summed E-state index contributed by atoms with van der Waals surface area (Å²) in [5, 5.41) is 13.1. The van der Waals surface area contributed by atoms with E-state index in [1.165, 1.54) is 0 Å². The molecule has 134 valence electrons. The Bertz CT molecular complexity index is 1080. The molecule has 2 heterocycles. The standard InChI is InChI=1S/C16H12ClN3O4S2/c17-7-2-1-3-8(4-7)19-11(23)6-25-16-12(15(18)24)13-14(26-16)9(21)5-10(22)20-13/h1-5H,6H2,(H2,18,24)(H,19,23)(H2,20,21,22). The van der Waals surface area contributed by atoms with E-state index in [1.54, 1.807) is 24.3 Å². The molecule has 0 spiro atoms. The van der Waals surface area contributed by atoms with Crippen molar-refractivity contribution >= 4 is 62.4 Å². The van der Waals surface area contributed by atoms with Gasteiger partial charge in [0.25, 0.3) is 11.5 Å². The van der Waals surface area contributed by atoms with E-state index in [-0.39, 0.29) is 28.5 Å². The number of hydrogen-bond acceptors (Lipinski definition) is 6. The zero-order valence-electron chi connectivity index (χ0n) is 13.0. The number of nitrogens with one attached hydrogen (secondary N) is 2. The van der Waals surface area contributed by atoms with Crippen LogP contribution in [0.1, 0.15) is 10.4 Å². The number of pyridine rings is 1. The Hall–Kier alpha value is -2.49. The molecule has 3 rings (SSSR count). The lowest BCUT2D eigenvalue weighted by Gasteiger charge is -2.05. The highest BCUT2D eigenvalue weighted by atomic mass is 35.5. The Balaban J connectivity index is 1.83. The number of thiophene rings is 1. The van der Waals surface area contributed by atoms with Gasteiger partial charge in [0.05, 0.1) is 25.7 Å². The Morgan fingerprint density at radius 2 is 2.12 bits per heavy atom. The summed E-state index contributed by atoms with van der Waals surface area (Å²) in [4.78, 5) is 38.0. The fourth-order valence-electron chi connectivity index (χ4n) is 2.28. The van der Waals surface area contributed by atoms with Gasteiger partial charge in [-0.1, -0.05) is 17.7 Å². The number of anilines is 1. The summed E-state index contributed by atoms with van der Waals surface area (Å²) in [5.41, 5.74) is 5.66. The highest BCUT2D eigenvalue weighted by molar-refractivity contribution is 8.02. The van der Waals surface area contributed by atoms with Crippen LogP contribution >= 0.6 is 34.7 Å². The Morgan fingerprint density at radius 3 is 2.81 bits per heavy atom. The van der Waals surface area contributed by atoms with E-state index in [9.17, 15) is 19.5 Å². The van der Waals surface area contributed by atoms with Crippen LogP contribution in [0.4, 0.5) is 5.69 Å². The minimum atomic E-state index is -0.754. The second-order valence-corrected chi connectivity index (χ2v) is 7.90. The number of rotatable bonds is 5. The molecule has 0 atom stereocenters. The highest BCUT2D eigenvalue weighted by Crippen LogP contribution is 2.40. The number of aromatic hydroxyl groups is 1. The topological polar surface area (TPSA) is 125 Å². The molecule has 0 aliphatic heterocycles. The quantitative estimate of drug-likeness (QED) is 0.482. The predicted molar refractivity (Wildman–Crippen MR) is 103 cm³/mol. The Kier molecular flexibility index (Phi) is 5.21. The van der Waals surface area contributed by atoms with E-state index in [1.807, 2.05) is 0 Å². The number of benzene rings is 1. The molecule has 0 saturated heterocycles. The minimum absolute atomic E-state index is 0.00457. The molecule has 0 aliphatic carbocycles. The lowest BCUT2D eigenvalue weighted by molar-refractivity contribution is -0.113. The number of nitrogens with two attached hydrogens (primary N) is 1. The minimum Gasteiger partial charge on any atom is -0.506 e. The van der Waals surface area contributed by atoms with Gasteiger partial charge in [-0.3, -0.25) is 14.4 Å². The number of aromatic nitrogens is 1. The summed E-state index contributed by atoms with van der Waals surface area (Å²) in [7, 11) is 0. The van der Waals surface area contributed by atoms with Gasteiger partial charge in [-0.05, 0) is 18.2 Å². The molecule has 26 heavy (non-hydrogen) atoms. The molecule has 3 aromatic rings. The van der Waals surface area contributed by atoms with Gasteiger partial charge in [-0.15, -0.1) is 23.1 Å². The van der Waals surface area contributed by atoms with Crippen molar-refractivity contribution in [1.82, 2.24) is 4.98 Å². The van der Waals surface area contributed by atoms with Crippen molar-refractivity contribution in [3.8, 4) is 5.75 Å². The second-order valence-electron chi connectivity index (χ2n) is 5.20. The van der Waals surface area contributed by atoms with Crippen molar-refractivity contribution in [2.75, 3.05) is 11.1 Å². The van der Waals surface area contributed by atoms with Crippen molar-refractivity contribution in [2.24, 2.45) is 5.73 Å². The molecule has 0 radical (unpaired) electrons. The normalized spacial score (nSPS) is 10.8. The first-order valence-electron chi connectivity index (χ1n) is 7.22. The third-order valence-electron chi connectivity index (χ3n) is 3.31. The Labute approximate surface area is 160 Å². The van der Waals surface area contributed by atoms with E-state index in [4.69, 9.17) is 17.3 Å². The van der Waals surface area contributed by atoms with Crippen molar-refractivity contribution in [3.05, 3.63) is 51.3 Å². The van der Waals surface area contributed by atoms with E-state index in [0.29, 0.717) is 19.6 Å². The molecule has 10 heteroatoms. The summed E-state index contributed by atoms with van der Waals surface area (Å²) in [6.07, 6.45) is 0. The number of aromatic amines is 1. The van der Waals surface area contributed by atoms with Crippen LogP contribution in [0.5, 0.6) is 5.75 Å². The maximum absolute atomic E-state index is 12.1. The molecule has 0 bridgehead atoms. The van der Waals surface area contributed by atoms with Gasteiger partial charge in [0, 0.05) is 16.8 Å². The summed E-state index contributed by atoms with van der Waals surface area (Å²) in [6, 6.07) is 7.73. The fraction of sp³-hybridized carbons (Fsp3) is 0.0625. The molecule has 2 amide bonds. The number of H-pyrrole nitrogens is 1. The van der Waals surface area contributed by atoms with Gasteiger partial charge < -0.3 is 21.1 Å². The SMILES string of the molecule is NC(=O)c1c(SCC(=O)Nc2cccc(Cl)c2)sc2c(O)cc(=O)[nH]c12. The monoisotopic (exact) mass is 409 g/mol. The van der Waals surface area contributed by atoms with Crippen molar-refractivity contribution < 1.29 is 14.7 Å². The van der Waals surface area contributed by atoms with Gasteiger partial charge in [-0.25, -0.2) is 0 Å². The zero-order chi connectivity index (χ0) is 18.8. The first-order chi connectivity index (χ1) is 12.3. The lowest BCUT2D eigenvalue weighted by atomic mass is 10.2. The lowest BCUT2D eigenvalue weighted by Crippen LogP contribution is -2.15. The van der Waals surface area contributed by atoms with E-state index >= 15 is 0 Å². The maximum Gasteiger partial charge on any atom is 0.252 e. The van der Waals surface area contributed by atoms with Gasteiger partial charge >= 0.3 is 0 Å². The average molecular weight is 410 g/mol. The number of hydrogen-bond donors (Lipinski definition) is 4. The van der Waals surface area contributed by atoms with Crippen LogP contribution in [-0.4, -0.2) is 27.7 Å². The van der Waals surface area contributed by atoms with Gasteiger partial charge in [0.2, 0.25) is 5.91 Å². The summed E-state index contributed by atoms with van der Waals surface area (Å²) in [6.45, 7) is 0. The van der Waals surface area contributed by atoms with E-state index in [0.717, 1.165) is 29.2 Å². The molecule has 0 saturated carbocycles. The molecule has 0 aliphatic rings. The summed E-state index contributed by atoms with van der Waals surface area (Å²) in [5.74, 6) is -1.30. The number of amides is 2. The molecular weight excluding hydrogens is 398 g/mol. The maximum atomic E-state index is 12.1. The molecule has 2 aromatic heterocycles. The van der Waals surface area contributed by atoms with Crippen molar-refractivity contribution in [3.63, 3.8) is 0 Å². The summed E-state index contributed by atoms with van der Waals surface area (Å²) >= 11 is 8.04. The number of primary amides is 1. The highest BCUT2D eigenvalue weighted by Gasteiger charge is 2.21. The van der Waals surface area contributed by atoms with Gasteiger partial charge in [0.15, 0.2) is 0 Å². The van der Waals surface area contributed by atoms with Crippen LogP contribution in [-0.2, 0) is 4.79 Å². The number of carbonyl (C=O) groups excluding carboxylic acids is 2. The van der Waals surface area contributed by atoms with Gasteiger partial charge in [-0.2, -0.15) is 0 Å². The van der Waals surface area contributed by atoms with Crippen molar-refractivity contribution in [2.45, 2.75) is 4.21 Å². The zero-order valence-corrected chi connectivity index (χ0v) is 15.4. The van der Waals surface area contributed by atoms with Crippen LogP contribution in [0.3, 0.4) is 0 Å². The molecular formula is C16H12ClN3O4S2. The first-order valence-corrected chi connectivity index (χ1v) is 9.40. The van der Waals surface area contributed by atoms with Crippen LogP contribution in [0.25, 0.3) is 10.2 Å². The van der Waals surface area contributed by atoms with Crippen LogP contribution in [0, 0.1) is 0 Å². The van der Waals surface area contributed by atoms with Crippen molar-refractivity contribution in [1.29, 1.82) is 0 Å². The van der Waals surface area contributed by atoms with E-state index < -0.39 is 11.5 Å². The van der Waals surface area contributed by atoms with Crippen LogP contribution < -0.4 is 16.6 Å². The number of thioether (sulfide) groups is 1. The molecule has 7 nitrogen and oxygen atoms in total. The van der Waals surface area contributed by atoms with Gasteiger partial charge in [0.1, 0.15) is 5.75 Å².